The Morgan fingerprint density at radius 2 is 2.16 bits per heavy atom. The highest BCUT2D eigenvalue weighted by molar-refractivity contribution is 4.91. The molecule has 0 bridgehead atoms. The Labute approximate surface area is 109 Å². The van der Waals surface area contributed by atoms with Gasteiger partial charge in [-0.2, -0.15) is 13.2 Å². The topological polar surface area (TPSA) is 43.2 Å². The second-order valence-corrected chi connectivity index (χ2v) is 5.44. The van der Waals surface area contributed by atoms with Crippen LogP contribution in [0.15, 0.2) is 6.33 Å². The van der Waals surface area contributed by atoms with E-state index in [-0.39, 0.29) is 6.54 Å². The lowest BCUT2D eigenvalue weighted by Gasteiger charge is -2.43. The summed E-state index contributed by atoms with van der Waals surface area (Å²) in [5.74, 6) is 0.638. The van der Waals surface area contributed by atoms with Crippen LogP contribution in [-0.4, -0.2) is 50.6 Å². The predicted octanol–water partition coefficient (Wildman–Crippen LogP) is 1.36. The van der Waals surface area contributed by atoms with E-state index in [4.69, 9.17) is 4.74 Å². The summed E-state index contributed by atoms with van der Waals surface area (Å²) in [7, 11) is 1.77. The van der Waals surface area contributed by atoms with Crippen molar-refractivity contribution in [1.29, 1.82) is 0 Å². The van der Waals surface area contributed by atoms with Crippen LogP contribution in [0.3, 0.4) is 0 Å². The summed E-state index contributed by atoms with van der Waals surface area (Å²) in [5.41, 5.74) is -0.836. The average molecular weight is 278 g/mol. The van der Waals surface area contributed by atoms with Crippen molar-refractivity contribution in [2.24, 2.45) is 7.05 Å². The van der Waals surface area contributed by atoms with Gasteiger partial charge in [0.2, 0.25) is 0 Å². The molecule has 1 saturated heterocycles. The highest BCUT2D eigenvalue weighted by Gasteiger charge is 2.48. The summed E-state index contributed by atoms with van der Waals surface area (Å²) in [6, 6.07) is 0. The SMILES string of the molecule is Cn1cnnc1CN1CC(C(F)(F)F)OC(C)(C)C1. The molecule has 0 N–H and O–H groups in total. The fourth-order valence-electron chi connectivity index (χ4n) is 2.24. The van der Waals surface area contributed by atoms with Crippen LogP contribution < -0.4 is 0 Å². The van der Waals surface area contributed by atoms with Crippen molar-refractivity contribution in [1.82, 2.24) is 19.7 Å². The second-order valence-electron chi connectivity index (χ2n) is 5.44. The molecule has 0 saturated carbocycles. The first-order valence-corrected chi connectivity index (χ1v) is 5.97. The van der Waals surface area contributed by atoms with Crippen LogP contribution in [0, 0.1) is 0 Å². The van der Waals surface area contributed by atoms with E-state index in [1.54, 1.807) is 30.4 Å². The van der Waals surface area contributed by atoms with Gasteiger partial charge in [0.05, 0.1) is 12.1 Å². The predicted molar refractivity (Wildman–Crippen MR) is 61.3 cm³/mol. The van der Waals surface area contributed by atoms with Gasteiger partial charge in [-0.15, -0.1) is 10.2 Å². The molecular weight excluding hydrogens is 261 g/mol. The maximum absolute atomic E-state index is 12.8. The number of hydrogen-bond acceptors (Lipinski definition) is 4. The second kappa shape index (κ2) is 4.75. The van der Waals surface area contributed by atoms with Gasteiger partial charge in [0.25, 0.3) is 0 Å². The molecule has 1 atom stereocenters. The summed E-state index contributed by atoms with van der Waals surface area (Å²) in [5, 5.41) is 7.62. The maximum Gasteiger partial charge on any atom is 0.415 e. The van der Waals surface area contributed by atoms with E-state index in [0.29, 0.717) is 18.9 Å². The number of ether oxygens (including phenoxy) is 1. The maximum atomic E-state index is 12.8. The summed E-state index contributed by atoms with van der Waals surface area (Å²) in [6.07, 6.45) is -4.58. The van der Waals surface area contributed by atoms with Gasteiger partial charge in [-0.1, -0.05) is 0 Å². The first-order chi connectivity index (χ1) is 8.67. The van der Waals surface area contributed by atoms with Crippen LogP contribution in [0.1, 0.15) is 19.7 Å². The van der Waals surface area contributed by atoms with E-state index in [2.05, 4.69) is 10.2 Å². The normalized spacial score (nSPS) is 24.6. The molecule has 0 spiro atoms. The largest absolute Gasteiger partial charge is 0.415 e. The molecule has 2 heterocycles. The first-order valence-electron chi connectivity index (χ1n) is 5.97. The molecule has 1 unspecified atom stereocenters. The van der Waals surface area contributed by atoms with Gasteiger partial charge in [-0.3, -0.25) is 4.90 Å². The number of morpholine rings is 1. The fourth-order valence-corrected chi connectivity index (χ4v) is 2.24. The summed E-state index contributed by atoms with van der Waals surface area (Å²) >= 11 is 0. The van der Waals surface area contributed by atoms with Crippen LogP contribution in [-0.2, 0) is 18.3 Å². The van der Waals surface area contributed by atoms with Crippen LogP contribution in [0.2, 0.25) is 0 Å². The molecule has 8 heteroatoms. The third kappa shape index (κ3) is 3.44. The lowest BCUT2D eigenvalue weighted by Crippen LogP contribution is -2.56. The minimum Gasteiger partial charge on any atom is -0.360 e. The van der Waals surface area contributed by atoms with Gasteiger partial charge < -0.3 is 9.30 Å². The highest BCUT2D eigenvalue weighted by atomic mass is 19.4. The van der Waals surface area contributed by atoms with Crippen LogP contribution >= 0.6 is 0 Å². The molecule has 5 nitrogen and oxygen atoms in total. The molecule has 1 aliphatic heterocycles. The Balaban J connectivity index is 2.10. The smallest absolute Gasteiger partial charge is 0.360 e. The minimum atomic E-state index is -4.35. The van der Waals surface area contributed by atoms with Crippen molar-refractivity contribution in [2.45, 2.75) is 38.3 Å². The highest BCUT2D eigenvalue weighted by Crippen LogP contribution is 2.32. The molecular formula is C11H17F3N4O. The monoisotopic (exact) mass is 278 g/mol. The van der Waals surface area contributed by atoms with Gasteiger partial charge in [-0.05, 0) is 13.8 Å². The van der Waals surface area contributed by atoms with Gasteiger partial charge >= 0.3 is 6.18 Å². The molecule has 1 aliphatic rings. The zero-order valence-corrected chi connectivity index (χ0v) is 11.1. The van der Waals surface area contributed by atoms with Crippen molar-refractivity contribution in [3.63, 3.8) is 0 Å². The molecule has 2 rings (SSSR count). The molecule has 1 fully saturated rings. The van der Waals surface area contributed by atoms with Gasteiger partial charge in [0.1, 0.15) is 12.2 Å². The van der Waals surface area contributed by atoms with Crippen molar-refractivity contribution >= 4 is 0 Å². The molecule has 19 heavy (non-hydrogen) atoms. The standard InChI is InChI=1S/C11H17F3N4O/c1-10(2)6-18(4-8(19-10)11(12,13)14)5-9-16-15-7-17(9)3/h7-8H,4-6H2,1-3H3. The van der Waals surface area contributed by atoms with Crippen molar-refractivity contribution < 1.29 is 17.9 Å². The third-order valence-corrected chi connectivity index (χ3v) is 3.02. The number of rotatable bonds is 2. The van der Waals surface area contributed by atoms with E-state index in [9.17, 15) is 13.2 Å². The number of hydrogen-bond donors (Lipinski definition) is 0. The van der Waals surface area contributed by atoms with E-state index in [1.165, 1.54) is 6.33 Å². The lowest BCUT2D eigenvalue weighted by molar-refractivity contribution is -0.273. The van der Waals surface area contributed by atoms with Crippen LogP contribution in [0.4, 0.5) is 13.2 Å². The lowest BCUT2D eigenvalue weighted by atomic mass is 10.0. The Morgan fingerprint density at radius 3 is 2.68 bits per heavy atom. The third-order valence-electron chi connectivity index (χ3n) is 3.02. The number of aromatic nitrogens is 3. The minimum absolute atomic E-state index is 0.181. The first kappa shape index (κ1) is 14.3. The van der Waals surface area contributed by atoms with E-state index < -0.39 is 17.9 Å². The van der Waals surface area contributed by atoms with E-state index in [0.717, 1.165) is 0 Å². The summed E-state index contributed by atoms with van der Waals surface area (Å²) in [4.78, 5) is 1.70. The summed E-state index contributed by atoms with van der Waals surface area (Å²) in [6.45, 7) is 3.89. The molecule has 1 aromatic rings. The van der Waals surface area contributed by atoms with Crippen molar-refractivity contribution in [3.05, 3.63) is 12.2 Å². The molecule has 108 valence electrons. The number of halogens is 3. The van der Waals surface area contributed by atoms with Crippen LogP contribution in [0.25, 0.3) is 0 Å². The number of alkyl halides is 3. The Bertz CT molecular complexity index is 443. The van der Waals surface area contributed by atoms with Crippen molar-refractivity contribution in [2.75, 3.05) is 13.1 Å². The quantitative estimate of drug-likeness (QED) is 0.819. The average Bonchev–Trinajstić information content (AvgIpc) is 2.60. The molecule has 0 aromatic carbocycles. The zero-order chi connectivity index (χ0) is 14.3. The summed E-state index contributed by atoms with van der Waals surface area (Å²) < 4.78 is 45.3. The van der Waals surface area contributed by atoms with Gasteiger partial charge in [-0.25, -0.2) is 0 Å². The number of nitrogens with zero attached hydrogens (tertiary/aromatic N) is 4. The fraction of sp³-hybridized carbons (Fsp3) is 0.818. The Hall–Kier alpha value is -1.15. The zero-order valence-electron chi connectivity index (χ0n) is 11.1. The van der Waals surface area contributed by atoms with Gasteiger partial charge in [0.15, 0.2) is 6.10 Å². The van der Waals surface area contributed by atoms with E-state index in [1.807, 2.05) is 0 Å². The van der Waals surface area contributed by atoms with E-state index >= 15 is 0 Å². The Morgan fingerprint density at radius 1 is 1.47 bits per heavy atom. The van der Waals surface area contributed by atoms with Crippen LogP contribution in [0.5, 0.6) is 0 Å². The molecule has 0 amide bonds. The van der Waals surface area contributed by atoms with Crippen molar-refractivity contribution in [3.8, 4) is 0 Å². The Kier molecular flexibility index (Phi) is 3.57. The molecule has 0 aliphatic carbocycles. The van der Waals surface area contributed by atoms with Gasteiger partial charge in [0, 0.05) is 20.1 Å². The molecule has 1 aromatic heterocycles. The number of aryl methyl sites for hydroxylation is 1. The molecule has 0 radical (unpaired) electrons.